The van der Waals surface area contributed by atoms with Crippen molar-refractivity contribution in [3.05, 3.63) is 172 Å². The summed E-state index contributed by atoms with van der Waals surface area (Å²) >= 11 is 0. The summed E-state index contributed by atoms with van der Waals surface area (Å²) in [5.41, 5.74) is 12.1. The normalized spacial score (nSPS) is 39.2. The van der Waals surface area contributed by atoms with E-state index < -0.39 is 0 Å². The summed E-state index contributed by atoms with van der Waals surface area (Å²) in [6, 6.07) is 22.3. The van der Waals surface area contributed by atoms with Crippen molar-refractivity contribution in [2.45, 2.75) is 89.0 Å². The van der Waals surface area contributed by atoms with Crippen LogP contribution in [0.2, 0.25) is 0 Å². The highest BCUT2D eigenvalue weighted by atomic mass is 14.9. The second kappa shape index (κ2) is 10.6. The van der Waals surface area contributed by atoms with Crippen LogP contribution in [0.25, 0.3) is 5.57 Å². The molecule has 6 aliphatic carbocycles. The summed E-state index contributed by atoms with van der Waals surface area (Å²) in [6.07, 6.45) is 29.6. The lowest BCUT2D eigenvalue weighted by atomic mass is 9.24. The molecule has 2 saturated carbocycles. The molecular weight excluding hydrogens is 613 g/mol. The molecule has 0 N–H and O–H groups in total. The average molecular weight is 671 g/mol. The monoisotopic (exact) mass is 670 g/mol. The minimum atomic E-state index is -0.185. The molecule has 0 heterocycles. The molecule has 0 spiro atoms. The molecule has 0 radical (unpaired) electrons. The van der Waals surface area contributed by atoms with Gasteiger partial charge >= 0.3 is 0 Å². The third kappa shape index (κ3) is 3.82. The Balaban J connectivity index is 1.51. The first-order chi connectivity index (χ1) is 24.0. The molecule has 8 rings (SSSR count). The molecule has 51 heavy (non-hydrogen) atoms. The van der Waals surface area contributed by atoms with Gasteiger partial charge in [-0.15, -0.1) is 0 Å². The van der Waals surface area contributed by atoms with Crippen LogP contribution >= 0.6 is 0 Å². The molecule has 0 nitrogen and oxygen atoms in total. The quantitative estimate of drug-likeness (QED) is 0.305. The van der Waals surface area contributed by atoms with Crippen molar-refractivity contribution in [2.75, 3.05) is 0 Å². The van der Waals surface area contributed by atoms with Gasteiger partial charge in [0.15, 0.2) is 0 Å². The maximum atomic E-state index is 2.71. The van der Waals surface area contributed by atoms with Gasteiger partial charge in [0.25, 0.3) is 0 Å². The molecule has 2 aromatic rings. The van der Waals surface area contributed by atoms with E-state index in [-0.39, 0.29) is 43.3 Å². The molecule has 0 heteroatoms. The zero-order valence-electron chi connectivity index (χ0n) is 33.0. The van der Waals surface area contributed by atoms with Crippen molar-refractivity contribution in [3.63, 3.8) is 0 Å². The van der Waals surface area contributed by atoms with Crippen LogP contribution in [0.3, 0.4) is 0 Å². The molecule has 2 aromatic carbocycles. The van der Waals surface area contributed by atoms with Gasteiger partial charge in [0.05, 0.1) is 0 Å². The Labute approximate surface area is 308 Å². The Morgan fingerprint density at radius 1 is 0.608 bits per heavy atom. The fourth-order valence-corrected chi connectivity index (χ4v) is 13.0. The lowest BCUT2D eigenvalue weighted by Gasteiger charge is -2.79. The second-order valence-corrected chi connectivity index (χ2v) is 19.0. The van der Waals surface area contributed by atoms with Crippen molar-refractivity contribution in [2.24, 2.45) is 43.3 Å². The van der Waals surface area contributed by atoms with E-state index in [1.807, 2.05) is 0 Å². The first-order valence-corrected chi connectivity index (χ1v) is 19.4. The van der Waals surface area contributed by atoms with E-state index in [9.17, 15) is 0 Å². The maximum absolute atomic E-state index is 2.71. The number of fused-ring (bicyclic) bond motifs is 8. The van der Waals surface area contributed by atoms with Gasteiger partial charge in [-0.3, -0.25) is 0 Å². The molecule has 0 bridgehead atoms. The molecule has 0 aliphatic heterocycles. The SMILES string of the molecule is CC1=C(C2=CC(C(C)(C)C)=CC2)C(=C(c2ccccc2)c2ccccc2)C=C2CC3(C)C4(C)C=CC=CC4(C)C4(C)C=CC=CC4(C)C3(C)C21C. The Morgan fingerprint density at radius 2 is 1.10 bits per heavy atom. The molecule has 7 atom stereocenters. The van der Waals surface area contributed by atoms with E-state index in [2.05, 4.69) is 204 Å². The number of hydrogen-bond acceptors (Lipinski definition) is 0. The molecule has 2 fully saturated rings. The standard InChI is InChI=1S/C51H58/c1-35-42(38-26-27-39(32-38)44(2,3)4)41(43(36-22-14-12-15-23-36)37-24-16-13-17-25-37)33-40-34-49(9)47(7)30-19-18-28-45(47,5)46(6)29-20-21-31-48(46,8)51(49,11)50(35,40)10/h12-25,27-33H,26,34H2,1-11H3. The van der Waals surface area contributed by atoms with Gasteiger partial charge in [-0.05, 0) is 75.0 Å². The minimum absolute atomic E-state index is 0.0548. The predicted octanol–water partition coefficient (Wildman–Crippen LogP) is 13.8. The van der Waals surface area contributed by atoms with Gasteiger partial charge in [-0.25, -0.2) is 0 Å². The smallest absolute Gasteiger partial charge is 0.0170 e. The summed E-state index contributed by atoms with van der Waals surface area (Å²) in [7, 11) is 0. The van der Waals surface area contributed by atoms with Crippen molar-refractivity contribution >= 4 is 5.57 Å². The van der Waals surface area contributed by atoms with Crippen LogP contribution in [0.5, 0.6) is 0 Å². The van der Waals surface area contributed by atoms with Gasteiger partial charge in [-0.1, -0.05) is 208 Å². The average Bonchev–Trinajstić information content (AvgIpc) is 3.67. The predicted molar refractivity (Wildman–Crippen MR) is 218 cm³/mol. The van der Waals surface area contributed by atoms with Gasteiger partial charge in [0, 0.05) is 27.1 Å². The van der Waals surface area contributed by atoms with Crippen molar-refractivity contribution in [1.82, 2.24) is 0 Å². The van der Waals surface area contributed by atoms with Gasteiger partial charge in [-0.2, -0.15) is 0 Å². The van der Waals surface area contributed by atoms with Crippen LogP contribution in [-0.2, 0) is 0 Å². The number of rotatable bonds is 3. The van der Waals surface area contributed by atoms with Crippen molar-refractivity contribution < 1.29 is 0 Å². The molecular formula is C51H58. The van der Waals surface area contributed by atoms with Crippen LogP contribution in [0, 0.1) is 43.3 Å². The highest BCUT2D eigenvalue weighted by Gasteiger charge is 2.84. The van der Waals surface area contributed by atoms with E-state index in [0.717, 1.165) is 12.8 Å². The maximum Gasteiger partial charge on any atom is 0.0170 e. The lowest BCUT2D eigenvalue weighted by Crippen LogP contribution is -2.74. The third-order valence-electron chi connectivity index (χ3n) is 16.8. The van der Waals surface area contributed by atoms with Crippen LogP contribution in [0.1, 0.15) is 100 Å². The van der Waals surface area contributed by atoms with Crippen LogP contribution in [-0.4, -0.2) is 0 Å². The molecule has 7 unspecified atom stereocenters. The van der Waals surface area contributed by atoms with E-state index in [1.54, 1.807) is 5.57 Å². The first kappa shape index (κ1) is 34.2. The van der Waals surface area contributed by atoms with Crippen LogP contribution in [0.4, 0.5) is 0 Å². The fourth-order valence-electron chi connectivity index (χ4n) is 13.0. The molecule has 6 aliphatic rings. The Bertz CT molecular complexity index is 2070. The lowest BCUT2D eigenvalue weighted by molar-refractivity contribution is -0.261. The Kier molecular flexibility index (Phi) is 7.10. The minimum Gasteiger partial charge on any atom is -0.0771 e. The molecule has 0 amide bonds. The van der Waals surface area contributed by atoms with Gasteiger partial charge in [0.2, 0.25) is 0 Å². The van der Waals surface area contributed by atoms with Crippen molar-refractivity contribution in [1.29, 1.82) is 0 Å². The Hall–Kier alpha value is -3.90. The first-order valence-electron chi connectivity index (χ1n) is 19.4. The van der Waals surface area contributed by atoms with Gasteiger partial charge in [0.1, 0.15) is 0 Å². The zero-order chi connectivity index (χ0) is 36.5. The van der Waals surface area contributed by atoms with Crippen LogP contribution in [0.15, 0.2) is 161 Å². The summed E-state index contributed by atoms with van der Waals surface area (Å²) in [6.45, 7) is 28.0. The fraction of sp³-hybridized carbons (Fsp3) is 0.412. The summed E-state index contributed by atoms with van der Waals surface area (Å²) in [5.74, 6) is 0. The van der Waals surface area contributed by atoms with Crippen LogP contribution < -0.4 is 0 Å². The summed E-state index contributed by atoms with van der Waals surface area (Å²) in [4.78, 5) is 0. The Morgan fingerprint density at radius 3 is 1.61 bits per heavy atom. The third-order valence-corrected chi connectivity index (χ3v) is 16.8. The molecule has 0 aromatic heterocycles. The second-order valence-electron chi connectivity index (χ2n) is 19.0. The van der Waals surface area contributed by atoms with E-state index in [4.69, 9.17) is 0 Å². The highest BCUT2D eigenvalue weighted by Crippen LogP contribution is 2.90. The highest BCUT2D eigenvalue weighted by molar-refractivity contribution is 5.89. The van der Waals surface area contributed by atoms with Crippen molar-refractivity contribution in [3.8, 4) is 0 Å². The van der Waals surface area contributed by atoms with E-state index in [0.29, 0.717) is 0 Å². The number of benzene rings is 2. The molecule has 262 valence electrons. The number of hydrogen-bond donors (Lipinski definition) is 0. The topological polar surface area (TPSA) is 0 Å². The van der Waals surface area contributed by atoms with Gasteiger partial charge < -0.3 is 0 Å². The largest absolute Gasteiger partial charge is 0.0771 e. The molecule has 0 saturated heterocycles. The zero-order valence-corrected chi connectivity index (χ0v) is 33.0. The summed E-state index contributed by atoms with van der Waals surface area (Å²) < 4.78 is 0. The van der Waals surface area contributed by atoms with E-state index in [1.165, 1.54) is 44.6 Å². The summed E-state index contributed by atoms with van der Waals surface area (Å²) in [5, 5.41) is 0. The number of allylic oxidation sites excluding steroid dienone is 17. The van der Waals surface area contributed by atoms with E-state index >= 15 is 0 Å².